The Morgan fingerprint density at radius 3 is 2.46 bits per heavy atom. The topological polar surface area (TPSA) is 132 Å². The molecule has 2 fully saturated rings. The molecule has 208 valence electrons. The molecule has 3 aromatic rings. The molecule has 2 aliphatic rings. The summed E-state index contributed by atoms with van der Waals surface area (Å²) in [4.78, 5) is 15.2. The molecule has 5 rings (SSSR count). The maximum atomic E-state index is 14.0. The molecule has 3 atom stereocenters. The van der Waals surface area contributed by atoms with E-state index in [0.29, 0.717) is 12.8 Å². The summed E-state index contributed by atoms with van der Waals surface area (Å²) in [6.07, 6.45) is 2.67. The van der Waals surface area contributed by atoms with Crippen LogP contribution in [0.3, 0.4) is 0 Å². The average Bonchev–Trinajstić information content (AvgIpc) is 3.39. The van der Waals surface area contributed by atoms with Gasteiger partial charge in [0.25, 0.3) is 10.0 Å². The smallest absolute Gasteiger partial charge is 0.284 e. The minimum absolute atomic E-state index is 0.0134. The second-order valence-electron chi connectivity index (χ2n) is 9.63. The Balaban J connectivity index is 1.52. The number of carbonyl (C=O) groups excluding carboxylic acids is 1. The van der Waals surface area contributed by atoms with Gasteiger partial charge in [0.05, 0.1) is 34.8 Å². The van der Waals surface area contributed by atoms with Crippen molar-refractivity contribution in [3.63, 3.8) is 0 Å². The lowest BCUT2D eigenvalue weighted by Gasteiger charge is -2.40. The lowest BCUT2D eigenvalue weighted by atomic mass is 9.91. The van der Waals surface area contributed by atoms with Crippen LogP contribution in [0.25, 0.3) is 0 Å². The molecule has 2 saturated heterocycles. The molecule has 0 saturated carbocycles. The molecule has 3 heterocycles. The average molecular weight is 578 g/mol. The number of rotatable bonds is 8. The number of hydrogen-bond acceptors (Lipinski definition) is 8. The zero-order valence-corrected chi connectivity index (χ0v) is 22.8. The van der Waals surface area contributed by atoms with Crippen molar-refractivity contribution in [2.45, 2.75) is 47.7 Å². The molecule has 2 bridgehead atoms. The van der Waals surface area contributed by atoms with Gasteiger partial charge in [-0.2, -0.15) is 12.7 Å². The van der Waals surface area contributed by atoms with Crippen LogP contribution in [-0.2, 0) is 36.1 Å². The zero-order chi connectivity index (χ0) is 27.8. The molecule has 0 spiro atoms. The first-order valence-electron chi connectivity index (χ1n) is 12.4. The third-order valence-electron chi connectivity index (χ3n) is 7.17. The zero-order valence-electron chi connectivity index (χ0n) is 21.1. The van der Waals surface area contributed by atoms with E-state index in [1.807, 2.05) is 0 Å². The number of aromatic nitrogens is 3. The van der Waals surface area contributed by atoms with Crippen molar-refractivity contribution < 1.29 is 30.8 Å². The Morgan fingerprint density at radius 1 is 1.00 bits per heavy atom. The molecule has 1 aromatic heterocycles. The first-order valence-corrected chi connectivity index (χ1v) is 15.3. The minimum atomic E-state index is -4.24. The monoisotopic (exact) mass is 577 g/mol. The molecule has 14 heteroatoms. The lowest BCUT2D eigenvalue weighted by molar-refractivity contribution is -0.135. The van der Waals surface area contributed by atoms with E-state index < -0.39 is 49.8 Å². The maximum Gasteiger partial charge on any atom is 0.284 e. The predicted octanol–water partition coefficient (Wildman–Crippen LogP) is 1.87. The highest BCUT2D eigenvalue weighted by Crippen LogP contribution is 2.37. The molecule has 0 aliphatic carbocycles. The summed E-state index contributed by atoms with van der Waals surface area (Å²) in [6.45, 7) is 0.130. The van der Waals surface area contributed by atoms with E-state index in [-0.39, 0.29) is 41.6 Å². The van der Waals surface area contributed by atoms with Crippen LogP contribution >= 0.6 is 0 Å². The Bertz CT molecular complexity index is 1560. The van der Waals surface area contributed by atoms with Gasteiger partial charge in [-0.3, -0.25) is 4.79 Å². The summed E-state index contributed by atoms with van der Waals surface area (Å²) in [7, 11) is -6.83. The fraction of sp³-hybridized carbons (Fsp3) is 0.400. The standard InChI is InChI=1S/C25H28FN5O6S2/c1-37-17-18-15-29(16-20-14-27-28-31(20)39(35,36)21-8-3-2-4-9-21)25(32)24-12-6-11-23(18)30(24)38(33,34)22-10-5-7-19(26)13-22/h2-5,7-10,13-14,18,23-24H,6,11-12,15-17H2,1H3/t18-,23-,24+/m1/s1. The van der Waals surface area contributed by atoms with Gasteiger partial charge in [-0.15, -0.1) is 9.19 Å². The van der Waals surface area contributed by atoms with E-state index in [4.69, 9.17) is 4.74 Å². The first-order chi connectivity index (χ1) is 18.6. The number of hydrogen-bond donors (Lipinski definition) is 0. The van der Waals surface area contributed by atoms with Gasteiger partial charge in [-0.1, -0.05) is 29.5 Å². The summed E-state index contributed by atoms with van der Waals surface area (Å²) in [5, 5.41) is 7.56. The summed E-state index contributed by atoms with van der Waals surface area (Å²) >= 11 is 0. The maximum absolute atomic E-state index is 14.0. The Kier molecular flexibility index (Phi) is 7.55. The van der Waals surface area contributed by atoms with Gasteiger partial charge in [0, 0.05) is 25.6 Å². The van der Waals surface area contributed by atoms with E-state index in [1.165, 1.54) is 46.8 Å². The quantitative estimate of drug-likeness (QED) is 0.397. The third kappa shape index (κ3) is 5.09. The molecule has 2 aromatic carbocycles. The fourth-order valence-corrected chi connectivity index (χ4v) is 8.61. The molecule has 11 nitrogen and oxygen atoms in total. The highest BCUT2D eigenvalue weighted by molar-refractivity contribution is 7.90. The van der Waals surface area contributed by atoms with Crippen LogP contribution in [0.5, 0.6) is 0 Å². The van der Waals surface area contributed by atoms with Crippen molar-refractivity contribution in [1.82, 2.24) is 23.6 Å². The number of amides is 1. The summed E-state index contributed by atoms with van der Waals surface area (Å²) in [5.74, 6) is -1.58. The van der Waals surface area contributed by atoms with E-state index >= 15 is 0 Å². The fourth-order valence-electron chi connectivity index (χ4n) is 5.44. The van der Waals surface area contributed by atoms with Gasteiger partial charge in [0.1, 0.15) is 11.9 Å². The lowest BCUT2D eigenvalue weighted by Crippen LogP contribution is -2.55. The van der Waals surface area contributed by atoms with Crippen LogP contribution in [0.15, 0.2) is 70.6 Å². The SMILES string of the molecule is COC[C@H]1CN(Cc2cnnn2S(=O)(=O)c2ccccc2)C(=O)[C@@H]2CCC[C@H]1N2S(=O)(=O)c1cccc(F)c1. The van der Waals surface area contributed by atoms with Crippen LogP contribution in [0.1, 0.15) is 25.0 Å². The van der Waals surface area contributed by atoms with Crippen LogP contribution in [-0.4, -0.2) is 78.7 Å². The number of ether oxygens (including phenoxy) is 1. The van der Waals surface area contributed by atoms with Crippen molar-refractivity contribution in [2.75, 3.05) is 20.3 Å². The van der Waals surface area contributed by atoms with Gasteiger partial charge in [0.2, 0.25) is 15.9 Å². The molecule has 0 N–H and O–H groups in total. The van der Waals surface area contributed by atoms with Gasteiger partial charge in [0.15, 0.2) is 0 Å². The van der Waals surface area contributed by atoms with Gasteiger partial charge >= 0.3 is 0 Å². The van der Waals surface area contributed by atoms with Crippen LogP contribution in [0.4, 0.5) is 4.39 Å². The Labute approximate surface area is 226 Å². The van der Waals surface area contributed by atoms with Gasteiger partial charge < -0.3 is 9.64 Å². The third-order valence-corrected chi connectivity index (χ3v) is 10.7. The highest BCUT2D eigenvalue weighted by atomic mass is 32.2. The second kappa shape index (κ2) is 10.8. The van der Waals surface area contributed by atoms with E-state index in [0.717, 1.165) is 16.2 Å². The second-order valence-corrected chi connectivity index (χ2v) is 13.2. The molecular formula is C25H28FN5O6S2. The summed E-state index contributed by atoms with van der Waals surface area (Å²) in [6, 6.07) is 10.9. The molecule has 39 heavy (non-hydrogen) atoms. The van der Waals surface area contributed by atoms with Crippen molar-refractivity contribution in [2.24, 2.45) is 5.92 Å². The van der Waals surface area contributed by atoms with E-state index in [2.05, 4.69) is 10.3 Å². The van der Waals surface area contributed by atoms with Crippen LogP contribution in [0, 0.1) is 11.7 Å². The molecular weight excluding hydrogens is 549 g/mol. The normalized spacial score (nSPS) is 22.6. The Morgan fingerprint density at radius 2 is 1.74 bits per heavy atom. The van der Waals surface area contributed by atoms with Crippen molar-refractivity contribution >= 4 is 26.0 Å². The molecule has 1 amide bonds. The first kappa shape index (κ1) is 27.4. The predicted molar refractivity (Wildman–Crippen MR) is 137 cm³/mol. The minimum Gasteiger partial charge on any atom is -0.384 e. The summed E-state index contributed by atoms with van der Waals surface area (Å²) < 4.78 is 75.5. The number of carbonyl (C=O) groups is 1. The van der Waals surface area contributed by atoms with Crippen molar-refractivity contribution in [3.8, 4) is 0 Å². The highest BCUT2D eigenvalue weighted by Gasteiger charge is 2.50. The Hall–Kier alpha value is -3.20. The largest absolute Gasteiger partial charge is 0.384 e. The van der Waals surface area contributed by atoms with Crippen molar-refractivity contribution in [3.05, 3.63) is 72.3 Å². The van der Waals surface area contributed by atoms with Gasteiger partial charge in [-0.25, -0.2) is 12.8 Å². The number of methoxy groups -OCH3 is 1. The van der Waals surface area contributed by atoms with E-state index in [1.54, 1.807) is 18.2 Å². The van der Waals surface area contributed by atoms with E-state index in [9.17, 15) is 26.0 Å². The number of sulfonamides is 1. The number of fused-ring (bicyclic) bond motifs is 2. The molecule has 0 unspecified atom stereocenters. The number of halogens is 1. The molecule has 0 radical (unpaired) electrons. The van der Waals surface area contributed by atoms with Crippen LogP contribution < -0.4 is 0 Å². The van der Waals surface area contributed by atoms with Crippen molar-refractivity contribution in [1.29, 1.82) is 0 Å². The number of piperidine rings is 1. The molecule has 2 aliphatic heterocycles. The number of benzene rings is 2. The number of nitrogens with zero attached hydrogens (tertiary/aromatic N) is 5. The van der Waals surface area contributed by atoms with Gasteiger partial charge in [-0.05, 0) is 49.6 Å². The van der Waals surface area contributed by atoms with Crippen LogP contribution in [0.2, 0.25) is 0 Å². The summed E-state index contributed by atoms with van der Waals surface area (Å²) in [5.41, 5.74) is 0.152.